The number of halogens is 1. The minimum Gasteiger partial charge on any atom is -0.504 e. The summed E-state index contributed by atoms with van der Waals surface area (Å²) in [5.41, 5.74) is 7.72. The zero-order chi connectivity index (χ0) is 11.9. The summed E-state index contributed by atoms with van der Waals surface area (Å²) in [4.78, 5) is 0. The van der Waals surface area contributed by atoms with Crippen molar-refractivity contribution in [3.63, 3.8) is 0 Å². The Labute approximate surface area is 104 Å². The van der Waals surface area contributed by atoms with Gasteiger partial charge in [0.05, 0.1) is 7.11 Å². The maximum Gasteiger partial charge on any atom is 0.162 e. The van der Waals surface area contributed by atoms with Crippen LogP contribution in [0.15, 0.2) is 10.5 Å². The van der Waals surface area contributed by atoms with Crippen molar-refractivity contribution in [2.24, 2.45) is 5.73 Å². The number of phenols is 1. The summed E-state index contributed by atoms with van der Waals surface area (Å²) >= 11 is 3.54. The lowest BCUT2D eigenvalue weighted by atomic mass is 9.93. The van der Waals surface area contributed by atoms with Crippen molar-refractivity contribution in [1.29, 1.82) is 0 Å². The molecule has 0 saturated heterocycles. The maximum absolute atomic E-state index is 10.2. The van der Waals surface area contributed by atoms with Crippen LogP contribution in [0.25, 0.3) is 0 Å². The van der Waals surface area contributed by atoms with E-state index in [2.05, 4.69) is 15.9 Å². The number of phenolic OH excluding ortho intramolecular Hbond substituents is 1. The number of hydrogen-bond donors (Lipinski definition) is 2. The van der Waals surface area contributed by atoms with E-state index in [1.54, 1.807) is 7.11 Å². The van der Waals surface area contributed by atoms with Crippen LogP contribution in [-0.2, 0) is 5.41 Å². The molecule has 1 aromatic rings. The molecule has 0 atom stereocenters. The van der Waals surface area contributed by atoms with Crippen LogP contribution in [0.1, 0.15) is 24.0 Å². The Morgan fingerprint density at radius 2 is 2.19 bits per heavy atom. The molecule has 0 amide bonds. The topological polar surface area (TPSA) is 55.5 Å². The van der Waals surface area contributed by atoms with Gasteiger partial charge in [0.1, 0.15) is 0 Å². The zero-order valence-electron chi connectivity index (χ0n) is 9.51. The summed E-state index contributed by atoms with van der Waals surface area (Å²) in [6.07, 6.45) is 2.06. The van der Waals surface area contributed by atoms with E-state index < -0.39 is 0 Å². The van der Waals surface area contributed by atoms with E-state index in [0.29, 0.717) is 12.3 Å². The van der Waals surface area contributed by atoms with Crippen LogP contribution in [0.5, 0.6) is 11.5 Å². The van der Waals surface area contributed by atoms with Crippen LogP contribution in [0.4, 0.5) is 0 Å². The van der Waals surface area contributed by atoms with Gasteiger partial charge >= 0.3 is 0 Å². The molecule has 1 fully saturated rings. The van der Waals surface area contributed by atoms with Gasteiger partial charge in [0.15, 0.2) is 11.5 Å². The van der Waals surface area contributed by atoms with Crippen LogP contribution < -0.4 is 10.5 Å². The van der Waals surface area contributed by atoms with Gasteiger partial charge in [-0.15, -0.1) is 0 Å². The molecule has 1 aliphatic rings. The average Bonchev–Trinajstić information content (AvgIpc) is 3.05. The molecule has 0 bridgehead atoms. The van der Waals surface area contributed by atoms with Gasteiger partial charge in [-0.05, 0) is 31.4 Å². The number of hydrogen-bond acceptors (Lipinski definition) is 3. The summed E-state index contributed by atoms with van der Waals surface area (Å²) < 4.78 is 6.13. The quantitative estimate of drug-likeness (QED) is 0.897. The highest BCUT2D eigenvalue weighted by Gasteiger charge is 2.46. The largest absolute Gasteiger partial charge is 0.504 e. The Morgan fingerprint density at radius 3 is 2.62 bits per heavy atom. The monoisotopic (exact) mass is 285 g/mol. The van der Waals surface area contributed by atoms with Crippen LogP contribution >= 0.6 is 15.9 Å². The number of aryl methyl sites for hydroxylation is 1. The molecule has 88 valence electrons. The molecule has 1 aliphatic carbocycles. The Kier molecular flexibility index (Phi) is 2.88. The maximum atomic E-state index is 10.2. The van der Waals surface area contributed by atoms with Gasteiger partial charge in [-0.1, -0.05) is 15.9 Å². The van der Waals surface area contributed by atoms with Gasteiger partial charge in [-0.2, -0.15) is 0 Å². The van der Waals surface area contributed by atoms with Crippen molar-refractivity contribution in [2.75, 3.05) is 13.7 Å². The molecule has 2 rings (SSSR count). The minimum atomic E-state index is -0.0534. The number of nitrogens with two attached hydrogens (primary N) is 1. The van der Waals surface area contributed by atoms with E-state index in [1.807, 2.05) is 13.0 Å². The molecular weight excluding hydrogens is 270 g/mol. The van der Waals surface area contributed by atoms with Crippen LogP contribution in [-0.4, -0.2) is 18.8 Å². The highest BCUT2D eigenvalue weighted by atomic mass is 79.9. The molecule has 4 heteroatoms. The first-order valence-electron chi connectivity index (χ1n) is 5.32. The second kappa shape index (κ2) is 3.93. The molecule has 0 aliphatic heterocycles. The molecule has 0 spiro atoms. The first-order chi connectivity index (χ1) is 7.55. The first-order valence-corrected chi connectivity index (χ1v) is 6.11. The van der Waals surface area contributed by atoms with E-state index in [-0.39, 0.29) is 11.2 Å². The number of aromatic hydroxyl groups is 1. The third kappa shape index (κ3) is 1.60. The molecule has 3 N–H and O–H groups in total. The van der Waals surface area contributed by atoms with Gasteiger partial charge in [-0.25, -0.2) is 0 Å². The lowest BCUT2D eigenvalue weighted by Gasteiger charge is -2.20. The molecule has 16 heavy (non-hydrogen) atoms. The van der Waals surface area contributed by atoms with Crippen molar-refractivity contribution in [3.05, 3.63) is 21.7 Å². The Hall–Kier alpha value is -0.740. The third-order valence-electron chi connectivity index (χ3n) is 3.38. The normalized spacial score (nSPS) is 17.2. The van der Waals surface area contributed by atoms with Gasteiger partial charge in [-0.3, -0.25) is 0 Å². The smallest absolute Gasteiger partial charge is 0.162 e. The van der Waals surface area contributed by atoms with E-state index in [1.165, 1.54) is 0 Å². The molecule has 0 unspecified atom stereocenters. The summed E-state index contributed by atoms with van der Waals surface area (Å²) in [6, 6.07) is 1.83. The number of benzene rings is 1. The van der Waals surface area contributed by atoms with Crippen molar-refractivity contribution in [1.82, 2.24) is 0 Å². The summed E-state index contributed by atoms with van der Waals surface area (Å²) in [7, 11) is 1.56. The van der Waals surface area contributed by atoms with Gasteiger partial charge in [0, 0.05) is 22.0 Å². The molecule has 1 saturated carbocycles. The average molecular weight is 286 g/mol. The highest BCUT2D eigenvalue weighted by Crippen LogP contribution is 2.55. The van der Waals surface area contributed by atoms with Crippen molar-refractivity contribution in [3.8, 4) is 11.5 Å². The van der Waals surface area contributed by atoms with E-state index in [0.717, 1.165) is 28.4 Å². The Bertz CT molecular complexity index is 428. The van der Waals surface area contributed by atoms with Gasteiger partial charge in [0.2, 0.25) is 0 Å². The number of rotatable bonds is 3. The van der Waals surface area contributed by atoms with Crippen molar-refractivity contribution in [2.45, 2.75) is 25.2 Å². The highest BCUT2D eigenvalue weighted by molar-refractivity contribution is 9.10. The number of ether oxygens (including phenoxy) is 1. The minimum absolute atomic E-state index is 0.0534. The van der Waals surface area contributed by atoms with Crippen LogP contribution in [0, 0.1) is 6.92 Å². The second-order valence-electron chi connectivity index (χ2n) is 4.42. The van der Waals surface area contributed by atoms with E-state index in [9.17, 15) is 5.11 Å². The molecule has 0 radical (unpaired) electrons. The molecule has 0 aromatic heterocycles. The molecule has 0 heterocycles. The van der Waals surface area contributed by atoms with E-state index >= 15 is 0 Å². The first kappa shape index (κ1) is 11.7. The van der Waals surface area contributed by atoms with Gasteiger partial charge < -0.3 is 15.6 Å². The lowest BCUT2D eigenvalue weighted by molar-refractivity contribution is 0.367. The molecule has 3 nitrogen and oxygen atoms in total. The summed E-state index contributed by atoms with van der Waals surface area (Å²) in [5, 5.41) is 10.2. The Balaban J connectivity index is 2.63. The predicted octanol–water partition coefficient (Wildman–Crippen LogP) is 2.46. The Morgan fingerprint density at radius 1 is 1.56 bits per heavy atom. The molecular formula is C12H16BrNO2. The summed E-state index contributed by atoms with van der Waals surface area (Å²) in [6.45, 7) is 2.55. The lowest BCUT2D eigenvalue weighted by Crippen LogP contribution is -2.20. The van der Waals surface area contributed by atoms with E-state index in [4.69, 9.17) is 10.5 Å². The standard InChI is InChI=1S/C12H16BrNO2/c1-7-5-8(16-2)11(15)9(10(7)13)12(6-14)3-4-12/h5,15H,3-4,6,14H2,1-2H3. The zero-order valence-corrected chi connectivity index (χ0v) is 11.1. The van der Waals surface area contributed by atoms with Crippen LogP contribution in [0.2, 0.25) is 0 Å². The summed E-state index contributed by atoms with van der Waals surface area (Å²) in [5.74, 6) is 0.748. The second-order valence-corrected chi connectivity index (χ2v) is 5.21. The fourth-order valence-electron chi connectivity index (χ4n) is 2.10. The van der Waals surface area contributed by atoms with Crippen molar-refractivity contribution >= 4 is 15.9 Å². The SMILES string of the molecule is COc1cc(C)c(Br)c(C2(CN)CC2)c1O. The van der Waals surface area contributed by atoms with Crippen molar-refractivity contribution < 1.29 is 9.84 Å². The molecule has 1 aromatic carbocycles. The number of methoxy groups -OCH3 is 1. The van der Waals surface area contributed by atoms with Gasteiger partial charge in [0.25, 0.3) is 0 Å². The fraction of sp³-hybridized carbons (Fsp3) is 0.500. The fourth-order valence-corrected chi connectivity index (χ4v) is 2.82. The van der Waals surface area contributed by atoms with Crippen LogP contribution in [0.3, 0.4) is 0 Å². The third-order valence-corrected chi connectivity index (χ3v) is 4.40. The predicted molar refractivity (Wildman–Crippen MR) is 67.1 cm³/mol.